The van der Waals surface area contributed by atoms with Crippen molar-refractivity contribution < 1.29 is 19.7 Å². The molecule has 25 heavy (non-hydrogen) atoms. The quantitative estimate of drug-likeness (QED) is 0.166. The molecule has 0 saturated carbocycles. The minimum Gasteiger partial charge on any atom is -0.435 e. The lowest BCUT2D eigenvalue weighted by atomic mass is 10.1. The van der Waals surface area contributed by atoms with E-state index in [0.717, 1.165) is 51.4 Å². The van der Waals surface area contributed by atoms with Crippen LogP contribution in [0.15, 0.2) is 24.5 Å². The summed E-state index contributed by atoms with van der Waals surface area (Å²) >= 11 is 0. The van der Waals surface area contributed by atoms with Crippen molar-refractivity contribution in [2.75, 3.05) is 6.61 Å². The molecule has 0 radical (unpaired) electrons. The van der Waals surface area contributed by atoms with Crippen molar-refractivity contribution in [2.24, 2.45) is 0 Å². The van der Waals surface area contributed by atoms with Crippen molar-refractivity contribution in [1.82, 2.24) is 0 Å². The number of hydrogen-bond donors (Lipinski definition) is 2. The molecule has 0 aliphatic rings. The molecular weight excluding hydrogens is 316 g/mol. The number of hydrogen-bond acceptors (Lipinski definition) is 4. The fourth-order valence-electron chi connectivity index (χ4n) is 2.58. The second-order valence-electron chi connectivity index (χ2n) is 6.56. The summed E-state index contributed by atoms with van der Waals surface area (Å²) in [7, 11) is 0. The summed E-state index contributed by atoms with van der Waals surface area (Å²) < 4.78 is 4.80. The van der Waals surface area contributed by atoms with Crippen LogP contribution in [0, 0.1) is 0 Å². The summed E-state index contributed by atoms with van der Waals surface area (Å²) in [6.07, 6.45) is 20.2. The Labute approximate surface area is 154 Å². The van der Waals surface area contributed by atoms with Crippen molar-refractivity contribution in [3.8, 4) is 0 Å². The molecule has 0 spiro atoms. The number of aliphatic hydroxyl groups excluding tert-OH is 2. The minimum absolute atomic E-state index is 0.111. The molecular formula is C21H38O4. The maximum atomic E-state index is 11.3. The molecule has 0 fully saturated rings. The Hall–Kier alpha value is -1.13. The van der Waals surface area contributed by atoms with Crippen LogP contribution in [0.4, 0.5) is 0 Å². The number of rotatable bonds is 17. The smallest absolute Gasteiger partial charge is 0.310 e. The van der Waals surface area contributed by atoms with E-state index in [9.17, 15) is 9.90 Å². The van der Waals surface area contributed by atoms with E-state index < -0.39 is 0 Å². The van der Waals surface area contributed by atoms with Crippen LogP contribution in [0.2, 0.25) is 0 Å². The van der Waals surface area contributed by atoms with Gasteiger partial charge in [0.2, 0.25) is 0 Å². The number of ether oxygens (including phenoxy) is 1. The largest absolute Gasteiger partial charge is 0.435 e. The van der Waals surface area contributed by atoms with Crippen LogP contribution in [0.25, 0.3) is 0 Å². The molecule has 0 aromatic rings. The zero-order chi connectivity index (χ0) is 18.6. The molecule has 146 valence electrons. The highest BCUT2D eigenvalue weighted by Crippen LogP contribution is 2.10. The second-order valence-corrected chi connectivity index (χ2v) is 6.56. The van der Waals surface area contributed by atoms with Crippen molar-refractivity contribution in [3.63, 3.8) is 0 Å². The van der Waals surface area contributed by atoms with Crippen molar-refractivity contribution in [3.05, 3.63) is 24.5 Å². The maximum absolute atomic E-state index is 11.3. The molecule has 0 unspecified atom stereocenters. The van der Waals surface area contributed by atoms with Gasteiger partial charge in [-0.15, -0.1) is 0 Å². The van der Waals surface area contributed by atoms with E-state index in [1.165, 1.54) is 38.0 Å². The van der Waals surface area contributed by atoms with Gasteiger partial charge in [0.05, 0.1) is 19.0 Å². The molecule has 0 saturated heterocycles. The highest BCUT2D eigenvalue weighted by atomic mass is 16.5. The molecule has 0 bridgehead atoms. The minimum atomic E-state index is -0.235. The van der Waals surface area contributed by atoms with Crippen LogP contribution >= 0.6 is 0 Å². The van der Waals surface area contributed by atoms with E-state index in [1.54, 1.807) is 0 Å². The molecule has 0 amide bonds. The number of unbranched alkanes of at least 4 members (excludes halogenated alkanes) is 8. The normalized spacial score (nSPS) is 12.9. The first kappa shape index (κ1) is 23.9. The topological polar surface area (TPSA) is 66.8 Å². The average molecular weight is 355 g/mol. The molecule has 2 N–H and O–H groups in total. The molecule has 4 nitrogen and oxygen atoms in total. The van der Waals surface area contributed by atoms with E-state index in [2.05, 4.69) is 19.1 Å². The number of esters is 1. The fraction of sp³-hybridized carbons (Fsp3) is 0.762. The van der Waals surface area contributed by atoms with Crippen molar-refractivity contribution >= 4 is 5.97 Å². The van der Waals surface area contributed by atoms with E-state index >= 15 is 0 Å². The summed E-state index contributed by atoms with van der Waals surface area (Å²) in [5.74, 6) is -0.235. The fourth-order valence-corrected chi connectivity index (χ4v) is 2.58. The first-order valence-corrected chi connectivity index (χ1v) is 9.99. The Morgan fingerprint density at radius 2 is 1.68 bits per heavy atom. The number of allylic oxidation sites excluding steroid dienone is 1. The molecule has 0 aromatic heterocycles. The van der Waals surface area contributed by atoms with Crippen LogP contribution in [-0.2, 0) is 9.53 Å². The average Bonchev–Trinajstić information content (AvgIpc) is 2.60. The van der Waals surface area contributed by atoms with Crippen LogP contribution in [0.3, 0.4) is 0 Å². The molecule has 0 aliphatic carbocycles. The third kappa shape index (κ3) is 19.0. The number of aliphatic hydroxyl groups is 2. The van der Waals surface area contributed by atoms with Gasteiger partial charge in [0.1, 0.15) is 0 Å². The van der Waals surface area contributed by atoms with Crippen molar-refractivity contribution in [1.29, 1.82) is 0 Å². The van der Waals surface area contributed by atoms with E-state index in [0.29, 0.717) is 6.42 Å². The lowest BCUT2D eigenvalue weighted by Gasteiger charge is -2.07. The van der Waals surface area contributed by atoms with Gasteiger partial charge in [-0.1, -0.05) is 64.0 Å². The summed E-state index contributed by atoms with van der Waals surface area (Å²) in [6.45, 7) is 2.09. The summed E-state index contributed by atoms with van der Waals surface area (Å²) in [4.78, 5) is 11.3. The van der Waals surface area contributed by atoms with Gasteiger partial charge in [0.15, 0.2) is 0 Å². The van der Waals surface area contributed by atoms with E-state index in [-0.39, 0.29) is 18.7 Å². The monoisotopic (exact) mass is 354 g/mol. The Morgan fingerprint density at radius 3 is 2.44 bits per heavy atom. The molecule has 0 aromatic carbocycles. The van der Waals surface area contributed by atoms with Crippen LogP contribution in [-0.4, -0.2) is 28.9 Å². The zero-order valence-electron chi connectivity index (χ0n) is 16.0. The van der Waals surface area contributed by atoms with E-state index in [1.807, 2.05) is 0 Å². The highest BCUT2D eigenvalue weighted by Gasteiger charge is 2.01. The maximum Gasteiger partial charge on any atom is 0.310 e. The third-order valence-corrected chi connectivity index (χ3v) is 4.12. The predicted molar refractivity (Wildman–Crippen MR) is 103 cm³/mol. The Morgan fingerprint density at radius 1 is 0.960 bits per heavy atom. The van der Waals surface area contributed by atoms with Gasteiger partial charge in [-0.3, -0.25) is 4.79 Å². The van der Waals surface area contributed by atoms with Gasteiger partial charge in [-0.2, -0.15) is 0 Å². The van der Waals surface area contributed by atoms with Gasteiger partial charge in [-0.05, 0) is 38.2 Å². The first-order valence-electron chi connectivity index (χ1n) is 9.99. The van der Waals surface area contributed by atoms with Crippen LogP contribution in [0.5, 0.6) is 0 Å². The molecule has 0 heterocycles. The van der Waals surface area contributed by atoms with Crippen LogP contribution in [0.1, 0.15) is 90.4 Å². The van der Waals surface area contributed by atoms with Gasteiger partial charge in [0, 0.05) is 6.42 Å². The summed E-state index contributed by atoms with van der Waals surface area (Å²) in [5.41, 5.74) is 0. The Kier molecular flexibility index (Phi) is 18.3. The second kappa shape index (κ2) is 19.2. The lowest BCUT2D eigenvalue weighted by Crippen LogP contribution is -2.04. The first-order chi connectivity index (χ1) is 12.2. The Bertz CT molecular complexity index is 350. The Balaban J connectivity index is 3.34. The molecule has 4 heteroatoms. The molecule has 0 aliphatic heterocycles. The standard InChI is InChI=1S/C21H38O4/c1-2-3-4-11-15-20(23)16-12-9-7-5-6-8-10-13-17-21(24)25-19-14-18-22/h9,12,14,19-20,22-23H,2-8,10-11,13,15-18H2,1H3/b12-9-,19-14?/t20-/m1/s1. The predicted octanol–water partition coefficient (Wildman–Crippen LogP) is 5.04. The molecule has 1 atom stereocenters. The summed E-state index contributed by atoms with van der Waals surface area (Å²) in [6, 6.07) is 0. The highest BCUT2D eigenvalue weighted by molar-refractivity contribution is 5.69. The number of carbonyl (C=O) groups excluding carboxylic acids is 1. The third-order valence-electron chi connectivity index (χ3n) is 4.12. The van der Waals surface area contributed by atoms with Crippen LogP contribution < -0.4 is 0 Å². The zero-order valence-corrected chi connectivity index (χ0v) is 16.0. The lowest BCUT2D eigenvalue weighted by molar-refractivity contribution is -0.138. The van der Waals surface area contributed by atoms with Gasteiger partial charge in [0.25, 0.3) is 0 Å². The van der Waals surface area contributed by atoms with E-state index in [4.69, 9.17) is 9.84 Å². The van der Waals surface area contributed by atoms with Gasteiger partial charge in [-0.25, -0.2) is 0 Å². The summed E-state index contributed by atoms with van der Waals surface area (Å²) in [5, 5.41) is 18.4. The molecule has 0 rings (SSSR count). The van der Waals surface area contributed by atoms with Gasteiger partial charge < -0.3 is 14.9 Å². The van der Waals surface area contributed by atoms with Crippen molar-refractivity contribution in [2.45, 2.75) is 96.5 Å². The van der Waals surface area contributed by atoms with Gasteiger partial charge >= 0.3 is 5.97 Å². The SMILES string of the molecule is CCCCCC[C@@H](O)C/C=C\CCCCCCCC(=O)OC=CCO. The number of carbonyl (C=O) groups is 1.